The van der Waals surface area contributed by atoms with Crippen molar-refractivity contribution in [2.45, 2.75) is 52.0 Å². The standard InChI is InChI=1S/C16H26IN/c1-4-6-14(7-5-2)16(18-3)12-13-8-10-15(17)11-9-13/h8-11,14,16,18H,4-7,12H2,1-3H3. The topological polar surface area (TPSA) is 12.0 Å². The summed E-state index contributed by atoms with van der Waals surface area (Å²) in [5.41, 5.74) is 1.45. The summed E-state index contributed by atoms with van der Waals surface area (Å²) in [7, 11) is 2.11. The molecule has 0 saturated carbocycles. The minimum atomic E-state index is 0.616. The third-order valence-electron chi connectivity index (χ3n) is 3.63. The lowest BCUT2D eigenvalue weighted by molar-refractivity contribution is 0.322. The maximum atomic E-state index is 3.53. The molecule has 0 aliphatic heterocycles. The quantitative estimate of drug-likeness (QED) is 0.667. The van der Waals surface area contributed by atoms with Gasteiger partial charge in [-0.2, -0.15) is 0 Å². The molecule has 1 N–H and O–H groups in total. The Morgan fingerprint density at radius 2 is 1.61 bits per heavy atom. The van der Waals surface area contributed by atoms with Crippen LogP contribution in [0.5, 0.6) is 0 Å². The van der Waals surface area contributed by atoms with E-state index in [2.05, 4.69) is 73.1 Å². The summed E-state index contributed by atoms with van der Waals surface area (Å²) in [5, 5.41) is 3.53. The van der Waals surface area contributed by atoms with Crippen LogP contribution in [-0.2, 0) is 6.42 Å². The summed E-state index contributed by atoms with van der Waals surface area (Å²) in [6.45, 7) is 4.58. The lowest BCUT2D eigenvalue weighted by atomic mass is 9.87. The number of hydrogen-bond acceptors (Lipinski definition) is 1. The molecule has 0 spiro atoms. The largest absolute Gasteiger partial charge is 0.316 e. The van der Waals surface area contributed by atoms with Crippen molar-refractivity contribution in [2.75, 3.05) is 7.05 Å². The van der Waals surface area contributed by atoms with E-state index in [4.69, 9.17) is 0 Å². The Bertz CT molecular complexity index is 314. The van der Waals surface area contributed by atoms with Gasteiger partial charge in [0.05, 0.1) is 0 Å². The molecule has 1 nitrogen and oxygen atoms in total. The van der Waals surface area contributed by atoms with E-state index in [9.17, 15) is 0 Å². The van der Waals surface area contributed by atoms with Crippen molar-refractivity contribution in [2.24, 2.45) is 5.92 Å². The van der Waals surface area contributed by atoms with E-state index < -0.39 is 0 Å². The van der Waals surface area contributed by atoms with Crippen LogP contribution in [0.15, 0.2) is 24.3 Å². The lowest BCUT2D eigenvalue weighted by Crippen LogP contribution is -2.35. The zero-order chi connectivity index (χ0) is 13.4. The molecule has 1 aromatic rings. The smallest absolute Gasteiger partial charge is 0.0133 e. The van der Waals surface area contributed by atoms with Gasteiger partial charge in [-0.1, -0.05) is 38.8 Å². The molecular weight excluding hydrogens is 333 g/mol. The third kappa shape index (κ3) is 5.27. The van der Waals surface area contributed by atoms with E-state index in [0.717, 1.165) is 12.3 Å². The van der Waals surface area contributed by atoms with Crippen molar-refractivity contribution in [1.82, 2.24) is 5.32 Å². The van der Waals surface area contributed by atoms with Gasteiger partial charge in [0.25, 0.3) is 0 Å². The first kappa shape index (κ1) is 16.0. The highest BCUT2D eigenvalue weighted by atomic mass is 127. The molecule has 1 unspecified atom stereocenters. The molecule has 1 atom stereocenters. The number of halogens is 1. The minimum Gasteiger partial charge on any atom is -0.316 e. The van der Waals surface area contributed by atoms with Gasteiger partial charge in [0.2, 0.25) is 0 Å². The summed E-state index contributed by atoms with van der Waals surface area (Å²) in [5.74, 6) is 0.810. The Hall–Kier alpha value is -0.0900. The van der Waals surface area contributed by atoms with Gasteiger partial charge in [-0.15, -0.1) is 0 Å². The molecule has 0 heterocycles. The molecule has 0 amide bonds. The highest BCUT2D eigenvalue weighted by molar-refractivity contribution is 14.1. The highest BCUT2D eigenvalue weighted by Crippen LogP contribution is 2.21. The second-order valence-corrected chi connectivity index (χ2v) is 6.31. The van der Waals surface area contributed by atoms with Crippen molar-refractivity contribution in [3.8, 4) is 0 Å². The zero-order valence-electron chi connectivity index (χ0n) is 11.9. The van der Waals surface area contributed by atoms with Gasteiger partial charge in [0.1, 0.15) is 0 Å². The number of rotatable bonds is 8. The van der Waals surface area contributed by atoms with Crippen molar-refractivity contribution >= 4 is 22.6 Å². The maximum Gasteiger partial charge on any atom is 0.0133 e. The monoisotopic (exact) mass is 359 g/mol. The molecule has 1 aromatic carbocycles. The second kappa shape index (κ2) is 8.92. The Morgan fingerprint density at radius 1 is 1.06 bits per heavy atom. The molecule has 2 heteroatoms. The first-order chi connectivity index (χ1) is 8.71. The third-order valence-corrected chi connectivity index (χ3v) is 4.35. The summed E-state index contributed by atoms with van der Waals surface area (Å²) < 4.78 is 1.32. The van der Waals surface area contributed by atoms with E-state index in [1.807, 2.05) is 0 Å². The van der Waals surface area contributed by atoms with Crippen molar-refractivity contribution < 1.29 is 0 Å². The van der Waals surface area contributed by atoms with Gasteiger partial charge in [-0.05, 0) is 72.5 Å². The fourth-order valence-corrected chi connectivity index (χ4v) is 3.03. The molecule has 0 aliphatic carbocycles. The van der Waals surface area contributed by atoms with Crippen LogP contribution in [0.25, 0.3) is 0 Å². The van der Waals surface area contributed by atoms with Crippen LogP contribution in [0.2, 0.25) is 0 Å². The Labute approximate surface area is 126 Å². The molecule has 102 valence electrons. The van der Waals surface area contributed by atoms with Crippen LogP contribution in [0.4, 0.5) is 0 Å². The normalized spacial score (nSPS) is 12.9. The van der Waals surface area contributed by atoms with Crippen molar-refractivity contribution in [3.63, 3.8) is 0 Å². The Balaban J connectivity index is 2.66. The van der Waals surface area contributed by atoms with Gasteiger partial charge >= 0.3 is 0 Å². The molecule has 1 rings (SSSR count). The number of nitrogens with one attached hydrogen (secondary N) is 1. The maximum absolute atomic E-state index is 3.53. The van der Waals surface area contributed by atoms with E-state index in [1.165, 1.54) is 34.8 Å². The van der Waals surface area contributed by atoms with Gasteiger partial charge < -0.3 is 5.32 Å². The molecule has 0 fully saturated rings. The Morgan fingerprint density at radius 3 is 2.06 bits per heavy atom. The van der Waals surface area contributed by atoms with Crippen molar-refractivity contribution in [3.05, 3.63) is 33.4 Å². The summed E-state index contributed by atoms with van der Waals surface area (Å²) >= 11 is 2.36. The molecule has 0 aromatic heterocycles. The first-order valence-electron chi connectivity index (χ1n) is 7.12. The summed E-state index contributed by atoms with van der Waals surface area (Å²) in [6, 6.07) is 9.56. The SMILES string of the molecule is CCCC(CCC)C(Cc1ccc(I)cc1)NC. The van der Waals surface area contributed by atoms with Crippen LogP contribution < -0.4 is 5.32 Å². The van der Waals surface area contributed by atoms with E-state index >= 15 is 0 Å². The number of benzene rings is 1. The predicted octanol–water partition coefficient (Wildman–Crippen LogP) is 4.64. The predicted molar refractivity (Wildman–Crippen MR) is 89.0 cm³/mol. The van der Waals surface area contributed by atoms with E-state index in [0.29, 0.717) is 6.04 Å². The minimum absolute atomic E-state index is 0.616. The van der Waals surface area contributed by atoms with Crippen LogP contribution >= 0.6 is 22.6 Å². The second-order valence-electron chi connectivity index (χ2n) is 5.06. The van der Waals surface area contributed by atoms with E-state index in [-0.39, 0.29) is 0 Å². The van der Waals surface area contributed by atoms with Crippen LogP contribution in [0, 0.1) is 9.49 Å². The van der Waals surface area contributed by atoms with Crippen LogP contribution in [-0.4, -0.2) is 13.1 Å². The summed E-state index contributed by atoms with van der Waals surface area (Å²) in [4.78, 5) is 0. The fraction of sp³-hybridized carbons (Fsp3) is 0.625. The van der Waals surface area contributed by atoms with Gasteiger partial charge in [-0.3, -0.25) is 0 Å². The molecule has 0 bridgehead atoms. The van der Waals surface area contributed by atoms with E-state index in [1.54, 1.807) is 0 Å². The average Bonchev–Trinajstić information content (AvgIpc) is 2.38. The first-order valence-corrected chi connectivity index (χ1v) is 8.20. The number of likely N-dealkylation sites (N-methyl/N-ethyl adjacent to an activating group) is 1. The van der Waals surface area contributed by atoms with Gasteiger partial charge in [0, 0.05) is 9.61 Å². The fourth-order valence-electron chi connectivity index (χ4n) is 2.67. The summed E-state index contributed by atoms with van der Waals surface area (Å²) in [6.07, 6.45) is 6.40. The lowest BCUT2D eigenvalue weighted by Gasteiger charge is -2.26. The van der Waals surface area contributed by atoms with Gasteiger partial charge in [-0.25, -0.2) is 0 Å². The van der Waals surface area contributed by atoms with Gasteiger partial charge in [0.15, 0.2) is 0 Å². The van der Waals surface area contributed by atoms with Crippen LogP contribution in [0.3, 0.4) is 0 Å². The molecule has 0 saturated heterocycles. The van der Waals surface area contributed by atoms with Crippen LogP contribution in [0.1, 0.15) is 45.1 Å². The molecule has 18 heavy (non-hydrogen) atoms. The Kier molecular flexibility index (Phi) is 7.91. The molecule has 0 aliphatic rings. The number of hydrogen-bond donors (Lipinski definition) is 1. The highest BCUT2D eigenvalue weighted by Gasteiger charge is 2.18. The zero-order valence-corrected chi connectivity index (χ0v) is 14.0. The molecule has 0 radical (unpaired) electrons. The van der Waals surface area contributed by atoms with Crippen molar-refractivity contribution in [1.29, 1.82) is 0 Å². The average molecular weight is 359 g/mol. The molecular formula is C16H26IN.